The molecule has 1 aliphatic heterocycles. The van der Waals surface area contributed by atoms with E-state index in [2.05, 4.69) is 26.0 Å². The van der Waals surface area contributed by atoms with Gasteiger partial charge in [0.25, 0.3) is 0 Å². The smallest absolute Gasteiger partial charge is 0.352 e. The van der Waals surface area contributed by atoms with Crippen molar-refractivity contribution >= 4 is 44.9 Å². The summed E-state index contributed by atoms with van der Waals surface area (Å²) in [5.41, 5.74) is 1.66. The summed E-state index contributed by atoms with van der Waals surface area (Å²) >= 11 is 9.52. The molecule has 2 aromatic rings. The quantitative estimate of drug-likeness (QED) is 0.820. The highest BCUT2D eigenvalue weighted by atomic mass is 79.9. The molecule has 1 N–H and O–H groups in total. The van der Waals surface area contributed by atoms with Crippen LogP contribution in [0.15, 0.2) is 52.3 Å². The van der Waals surface area contributed by atoms with Gasteiger partial charge in [-0.2, -0.15) is 5.10 Å². The molecule has 0 spiro atoms. The van der Waals surface area contributed by atoms with E-state index in [-0.39, 0.29) is 11.8 Å². The average molecular weight is 381 g/mol. The van der Waals surface area contributed by atoms with E-state index in [1.165, 1.54) is 0 Å². The molecule has 0 aliphatic carbocycles. The van der Waals surface area contributed by atoms with Gasteiger partial charge in [-0.3, -0.25) is 5.01 Å². The molecule has 1 atom stereocenters. The van der Waals surface area contributed by atoms with Crippen LogP contribution in [0.5, 0.6) is 0 Å². The molecule has 0 radical (unpaired) electrons. The molecule has 2 heterocycles. The van der Waals surface area contributed by atoms with Gasteiger partial charge in [-0.1, -0.05) is 29.8 Å². The van der Waals surface area contributed by atoms with Crippen LogP contribution in [0.1, 0.15) is 18.0 Å². The normalized spacial score (nSPS) is 17.5. The highest BCUT2D eigenvalue weighted by molar-refractivity contribution is 9.10. The second-order valence-corrected chi connectivity index (χ2v) is 6.00. The number of carboxylic acid groups (broad SMARTS) is 1. The van der Waals surface area contributed by atoms with Crippen molar-refractivity contribution in [2.24, 2.45) is 5.10 Å². The predicted molar refractivity (Wildman–Crippen MR) is 88.3 cm³/mol. The first-order chi connectivity index (χ1) is 10.6. The van der Waals surface area contributed by atoms with Crippen LogP contribution in [-0.2, 0) is 4.79 Å². The summed E-state index contributed by atoms with van der Waals surface area (Å²) in [4.78, 5) is 15.5. The summed E-state index contributed by atoms with van der Waals surface area (Å²) in [5, 5.41) is 15.6. The third kappa shape index (κ3) is 2.84. The molecular formula is C15H11BrClN3O2. The van der Waals surface area contributed by atoms with Gasteiger partial charge in [-0.25, -0.2) is 9.78 Å². The van der Waals surface area contributed by atoms with Crippen molar-refractivity contribution in [2.45, 2.75) is 12.5 Å². The zero-order valence-corrected chi connectivity index (χ0v) is 13.6. The van der Waals surface area contributed by atoms with E-state index in [1.54, 1.807) is 17.3 Å². The van der Waals surface area contributed by atoms with Crippen molar-refractivity contribution in [1.82, 2.24) is 4.98 Å². The molecule has 7 heteroatoms. The average Bonchev–Trinajstić information content (AvgIpc) is 2.94. The number of rotatable bonds is 3. The first-order valence-electron chi connectivity index (χ1n) is 6.52. The first kappa shape index (κ1) is 15.0. The summed E-state index contributed by atoms with van der Waals surface area (Å²) in [6, 6.07) is 10.7. The summed E-state index contributed by atoms with van der Waals surface area (Å²) in [7, 11) is 0. The number of pyridine rings is 1. The number of para-hydroxylation sites is 1. The molecule has 5 nitrogen and oxygen atoms in total. The maximum atomic E-state index is 11.3. The van der Waals surface area contributed by atoms with Gasteiger partial charge in [0, 0.05) is 12.6 Å². The van der Waals surface area contributed by atoms with Crippen molar-refractivity contribution in [3.8, 4) is 0 Å². The van der Waals surface area contributed by atoms with Gasteiger partial charge < -0.3 is 5.11 Å². The van der Waals surface area contributed by atoms with Gasteiger partial charge in [-0.05, 0) is 39.7 Å². The fourth-order valence-electron chi connectivity index (χ4n) is 2.34. The van der Waals surface area contributed by atoms with Gasteiger partial charge in [0.2, 0.25) is 0 Å². The van der Waals surface area contributed by atoms with Crippen LogP contribution in [0, 0.1) is 0 Å². The summed E-state index contributed by atoms with van der Waals surface area (Å²) in [6.07, 6.45) is 2.00. The Hall–Kier alpha value is -1.92. The summed E-state index contributed by atoms with van der Waals surface area (Å²) in [6.45, 7) is 0. The second kappa shape index (κ2) is 6.06. The molecule has 1 aliphatic rings. The molecule has 0 saturated heterocycles. The minimum atomic E-state index is -1.02. The van der Waals surface area contributed by atoms with Crippen LogP contribution >= 0.6 is 27.5 Å². The number of halogens is 2. The molecule has 1 aromatic heterocycles. The van der Waals surface area contributed by atoms with Crippen molar-refractivity contribution in [2.75, 3.05) is 5.01 Å². The Morgan fingerprint density at radius 3 is 2.73 bits per heavy atom. The van der Waals surface area contributed by atoms with Gasteiger partial charge in [-0.15, -0.1) is 0 Å². The first-order valence-corrected chi connectivity index (χ1v) is 7.69. The van der Waals surface area contributed by atoms with Crippen LogP contribution < -0.4 is 5.01 Å². The number of hydrazone groups is 1. The van der Waals surface area contributed by atoms with Crippen molar-refractivity contribution in [3.63, 3.8) is 0 Å². The third-order valence-corrected chi connectivity index (χ3v) is 4.18. The maximum absolute atomic E-state index is 11.3. The second-order valence-electron chi connectivity index (χ2n) is 4.78. The highest BCUT2D eigenvalue weighted by Crippen LogP contribution is 2.38. The number of hydrogen-bond donors (Lipinski definition) is 1. The predicted octanol–water partition coefficient (Wildman–Crippen LogP) is 3.89. The van der Waals surface area contributed by atoms with Gasteiger partial charge in [0.05, 0.1) is 16.8 Å². The Bertz CT molecular complexity index is 749. The maximum Gasteiger partial charge on any atom is 0.352 e. The fourth-order valence-corrected chi connectivity index (χ4v) is 2.80. The Balaban J connectivity index is 2.04. The Labute approximate surface area is 140 Å². The Morgan fingerprint density at radius 2 is 2.09 bits per heavy atom. The molecule has 0 fully saturated rings. The SMILES string of the molecule is O=C(O)C1=NN(c2ccccc2Cl)C(c2ccc(Br)nc2)C1. The molecule has 1 unspecified atom stereocenters. The van der Waals surface area contributed by atoms with E-state index in [0.717, 1.165) is 10.2 Å². The number of carboxylic acids is 1. The topological polar surface area (TPSA) is 65.8 Å². The molecule has 1 aromatic carbocycles. The number of benzene rings is 1. The van der Waals surface area contributed by atoms with Crippen LogP contribution in [0.4, 0.5) is 5.69 Å². The lowest BCUT2D eigenvalue weighted by atomic mass is 10.0. The van der Waals surface area contributed by atoms with Gasteiger partial charge >= 0.3 is 5.97 Å². The van der Waals surface area contributed by atoms with Crippen LogP contribution in [-0.4, -0.2) is 21.8 Å². The molecule has 112 valence electrons. The number of aliphatic carboxylic acids is 1. The van der Waals surface area contributed by atoms with Crippen molar-refractivity contribution in [1.29, 1.82) is 0 Å². The van der Waals surface area contributed by atoms with Crippen LogP contribution in [0.3, 0.4) is 0 Å². The van der Waals surface area contributed by atoms with E-state index < -0.39 is 5.97 Å². The van der Waals surface area contributed by atoms with E-state index >= 15 is 0 Å². The largest absolute Gasteiger partial charge is 0.477 e. The van der Waals surface area contributed by atoms with Gasteiger partial charge in [0.15, 0.2) is 0 Å². The molecule has 3 rings (SSSR count). The molecular weight excluding hydrogens is 370 g/mol. The fraction of sp³-hybridized carbons (Fsp3) is 0.133. The van der Waals surface area contributed by atoms with Crippen LogP contribution in [0.25, 0.3) is 0 Å². The number of hydrogen-bond acceptors (Lipinski definition) is 4. The molecule has 0 amide bonds. The number of nitrogens with zero attached hydrogens (tertiary/aromatic N) is 3. The van der Waals surface area contributed by atoms with E-state index in [9.17, 15) is 9.90 Å². The standard InChI is InChI=1S/C15H11BrClN3O2/c16-14-6-5-9(8-18-14)13-7-11(15(21)22)19-20(13)12-4-2-1-3-10(12)17/h1-6,8,13H,7H2,(H,21,22). The lowest BCUT2D eigenvalue weighted by molar-refractivity contribution is -0.129. The third-order valence-electron chi connectivity index (χ3n) is 3.39. The Kier molecular flexibility index (Phi) is 4.13. The minimum Gasteiger partial charge on any atom is -0.477 e. The lowest BCUT2D eigenvalue weighted by Gasteiger charge is -2.24. The Morgan fingerprint density at radius 1 is 1.32 bits per heavy atom. The summed E-state index contributed by atoms with van der Waals surface area (Å²) < 4.78 is 0.720. The van der Waals surface area contributed by atoms with Crippen molar-refractivity contribution < 1.29 is 9.90 Å². The molecule has 0 saturated carbocycles. The molecule has 0 bridgehead atoms. The molecule has 22 heavy (non-hydrogen) atoms. The van der Waals surface area contributed by atoms with E-state index in [4.69, 9.17) is 11.6 Å². The van der Waals surface area contributed by atoms with E-state index in [1.807, 2.05) is 30.3 Å². The van der Waals surface area contributed by atoms with Gasteiger partial charge in [0.1, 0.15) is 10.3 Å². The number of carbonyl (C=O) groups is 1. The van der Waals surface area contributed by atoms with E-state index in [0.29, 0.717) is 17.1 Å². The monoisotopic (exact) mass is 379 g/mol. The summed E-state index contributed by atoms with van der Waals surface area (Å²) in [5.74, 6) is -1.02. The highest BCUT2D eigenvalue weighted by Gasteiger charge is 2.33. The van der Waals surface area contributed by atoms with Crippen molar-refractivity contribution in [3.05, 3.63) is 57.8 Å². The lowest BCUT2D eigenvalue weighted by Crippen LogP contribution is -2.19. The zero-order valence-electron chi connectivity index (χ0n) is 11.3. The van der Waals surface area contributed by atoms with Crippen LogP contribution in [0.2, 0.25) is 5.02 Å². The zero-order chi connectivity index (χ0) is 15.7. The minimum absolute atomic E-state index is 0.104. The number of aromatic nitrogens is 1. The number of anilines is 1.